The molecule has 0 aliphatic heterocycles. The van der Waals surface area contributed by atoms with Crippen LogP contribution in [-0.2, 0) is 6.54 Å². The highest BCUT2D eigenvalue weighted by Gasteiger charge is 2.08. The fraction of sp³-hybridized carbons (Fsp3) is 0.167. The Kier molecular flexibility index (Phi) is 2.81. The first-order chi connectivity index (χ1) is 7.74. The number of aldehydes is 1. The molecule has 3 nitrogen and oxygen atoms in total. The molecular weight excluding hydrogens is 207 g/mol. The van der Waals surface area contributed by atoms with Gasteiger partial charge in [-0.2, -0.15) is 5.10 Å². The summed E-state index contributed by atoms with van der Waals surface area (Å²) in [5.74, 6) is -0.297. The number of aryl methyl sites for hydroxylation is 1. The topological polar surface area (TPSA) is 34.9 Å². The highest BCUT2D eigenvalue weighted by Crippen LogP contribution is 2.20. The number of aromatic nitrogens is 2. The largest absolute Gasteiger partial charge is 0.296 e. The van der Waals surface area contributed by atoms with E-state index >= 15 is 0 Å². The summed E-state index contributed by atoms with van der Waals surface area (Å²) >= 11 is 0. The molecule has 1 aromatic carbocycles. The minimum atomic E-state index is -0.297. The van der Waals surface area contributed by atoms with Gasteiger partial charge in [-0.05, 0) is 25.1 Å². The zero-order chi connectivity index (χ0) is 11.5. The lowest BCUT2D eigenvalue weighted by Crippen LogP contribution is -1.99. The van der Waals surface area contributed by atoms with Gasteiger partial charge in [0.25, 0.3) is 0 Å². The van der Waals surface area contributed by atoms with E-state index in [9.17, 15) is 9.18 Å². The molecule has 2 aromatic rings. The lowest BCUT2D eigenvalue weighted by Gasteiger charge is -2.04. The number of nitrogens with zero attached hydrogens (tertiary/aromatic N) is 2. The minimum absolute atomic E-state index is 0.297. The van der Waals surface area contributed by atoms with Crippen LogP contribution in [0.1, 0.15) is 17.4 Å². The molecule has 0 N–H and O–H groups in total. The summed E-state index contributed by atoms with van der Waals surface area (Å²) in [5, 5.41) is 4.08. The Morgan fingerprint density at radius 1 is 1.44 bits per heavy atom. The van der Waals surface area contributed by atoms with E-state index in [1.165, 1.54) is 12.1 Å². The monoisotopic (exact) mass is 218 g/mol. The maximum absolute atomic E-state index is 13.1. The summed E-state index contributed by atoms with van der Waals surface area (Å²) in [7, 11) is 0. The predicted octanol–water partition coefficient (Wildman–Crippen LogP) is 2.52. The number of carbonyl (C=O) groups excluding carboxylic acids is 1. The number of carbonyl (C=O) groups is 1. The molecule has 0 aliphatic rings. The summed E-state index contributed by atoms with van der Waals surface area (Å²) in [6.45, 7) is 2.56. The highest BCUT2D eigenvalue weighted by molar-refractivity contribution is 5.75. The van der Waals surface area contributed by atoms with Crippen LogP contribution in [0, 0.1) is 5.82 Å². The van der Waals surface area contributed by atoms with Gasteiger partial charge in [-0.3, -0.25) is 9.48 Å². The van der Waals surface area contributed by atoms with Gasteiger partial charge in [-0.1, -0.05) is 12.1 Å². The third-order valence-corrected chi connectivity index (χ3v) is 2.34. The van der Waals surface area contributed by atoms with Gasteiger partial charge in [0.05, 0.1) is 5.69 Å². The molecule has 0 aliphatic carbocycles. The molecule has 16 heavy (non-hydrogen) atoms. The van der Waals surface area contributed by atoms with E-state index in [1.54, 1.807) is 22.9 Å². The summed E-state index contributed by atoms with van der Waals surface area (Å²) in [6, 6.07) is 7.90. The van der Waals surface area contributed by atoms with Crippen LogP contribution >= 0.6 is 0 Å². The van der Waals surface area contributed by atoms with Crippen LogP contribution in [-0.4, -0.2) is 16.1 Å². The SMILES string of the molecule is CCn1nc(C=O)cc1-c1cccc(F)c1. The average molecular weight is 218 g/mol. The number of hydrogen-bond donors (Lipinski definition) is 0. The second-order valence-corrected chi connectivity index (χ2v) is 3.40. The van der Waals surface area contributed by atoms with E-state index in [0.29, 0.717) is 18.5 Å². The van der Waals surface area contributed by atoms with Crippen LogP contribution in [0.15, 0.2) is 30.3 Å². The second-order valence-electron chi connectivity index (χ2n) is 3.40. The Balaban J connectivity index is 2.54. The molecule has 0 unspecified atom stereocenters. The Hall–Kier alpha value is -1.97. The van der Waals surface area contributed by atoms with Crippen LogP contribution in [0.4, 0.5) is 4.39 Å². The normalized spacial score (nSPS) is 10.4. The first kappa shape index (κ1) is 10.5. The van der Waals surface area contributed by atoms with Crippen LogP contribution in [0.5, 0.6) is 0 Å². The van der Waals surface area contributed by atoms with Crippen molar-refractivity contribution in [2.45, 2.75) is 13.5 Å². The van der Waals surface area contributed by atoms with E-state index in [0.717, 1.165) is 11.3 Å². The number of hydrogen-bond acceptors (Lipinski definition) is 2. The van der Waals surface area contributed by atoms with E-state index in [4.69, 9.17) is 0 Å². The first-order valence-electron chi connectivity index (χ1n) is 5.03. The molecule has 0 saturated heterocycles. The molecule has 0 amide bonds. The van der Waals surface area contributed by atoms with Crippen molar-refractivity contribution in [1.82, 2.24) is 9.78 Å². The van der Waals surface area contributed by atoms with Gasteiger partial charge < -0.3 is 0 Å². The van der Waals surface area contributed by atoms with Gasteiger partial charge in [0.15, 0.2) is 6.29 Å². The second kappa shape index (κ2) is 4.26. The fourth-order valence-electron chi connectivity index (χ4n) is 1.62. The maximum atomic E-state index is 13.1. The molecule has 1 heterocycles. The molecule has 1 aromatic heterocycles. The third kappa shape index (κ3) is 1.86. The van der Waals surface area contributed by atoms with Gasteiger partial charge in [-0.25, -0.2) is 4.39 Å². The van der Waals surface area contributed by atoms with Gasteiger partial charge in [0, 0.05) is 12.1 Å². The van der Waals surface area contributed by atoms with Crippen molar-refractivity contribution in [3.63, 3.8) is 0 Å². The van der Waals surface area contributed by atoms with Crippen LogP contribution in [0.2, 0.25) is 0 Å². The van der Waals surface area contributed by atoms with Crippen molar-refractivity contribution < 1.29 is 9.18 Å². The lowest BCUT2D eigenvalue weighted by atomic mass is 10.1. The molecular formula is C12H11FN2O. The highest BCUT2D eigenvalue weighted by atomic mass is 19.1. The number of halogens is 1. The molecule has 0 fully saturated rings. The van der Waals surface area contributed by atoms with Crippen LogP contribution < -0.4 is 0 Å². The molecule has 2 rings (SSSR count). The molecule has 0 atom stereocenters. The molecule has 4 heteroatoms. The van der Waals surface area contributed by atoms with Crippen molar-refractivity contribution >= 4 is 6.29 Å². The Bertz CT molecular complexity index is 519. The zero-order valence-corrected chi connectivity index (χ0v) is 8.85. The van der Waals surface area contributed by atoms with Crippen molar-refractivity contribution in [2.75, 3.05) is 0 Å². The molecule has 0 bridgehead atoms. The Labute approximate surface area is 92.5 Å². The molecule has 0 saturated carbocycles. The molecule has 0 radical (unpaired) electrons. The van der Waals surface area contributed by atoms with Crippen molar-refractivity contribution in [3.05, 3.63) is 41.8 Å². The van der Waals surface area contributed by atoms with E-state index in [2.05, 4.69) is 5.10 Å². The van der Waals surface area contributed by atoms with Crippen LogP contribution in [0.3, 0.4) is 0 Å². The summed E-state index contributed by atoms with van der Waals surface area (Å²) in [4.78, 5) is 10.6. The summed E-state index contributed by atoms with van der Waals surface area (Å²) in [6.07, 6.45) is 0.689. The maximum Gasteiger partial charge on any atom is 0.170 e. The van der Waals surface area contributed by atoms with E-state index in [1.807, 2.05) is 6.92 Å². The summed E-state index contributed by atoms with van der Waals surface area (Å²) in [5.41, 5.74) is 1.84. The third-order valence-electron chi connectivity index (χ3n) is 2.34. The predicted molar refractivity (Wildman–Crippen MR) is 58.7 cm³/mol. The lowest BCUT2D eigenvalue weighted by molar-refractivity contribution is 0.111. The fourth-order valence-corrected chi connectivity index (χ4v) is 1.62. The molecule has 82 valence electrons. The molecule has 0 spiro atoms. The first-order valence-corrected chi connectivity index (χ1v) is 5.03. The van der Waals surface area contributed by atoms with E-state index in [-0.39, 0.29) is 5.82 Å². The van der Waals surface area contributed by atoms with Gasteiger partial charge in [-0.15, -0.1) is 0 Å². The number of rotatable bonds is 3. The van der Waals surface area contributed by atoms with Crippen molar-refractivity contribution in [2.24, 2.45) is 0 Å². The van der Waals surface area contributed by atoms with E-state index < -0.39 is 0 Å². The quantitative estimate of drug-likeness (QED) is 0.742. The number of benzene rings is 1. The standard InChI is InChI=1S/C12H11FN2O/c1-2-15-12(7-11(8-16)14-15)9-4-3-5-10(13)6-9/h3-8H,2H2,1H3. The average Bonchev–Trinajstić information content (AvgIpc) is 2.72. The van der Waals surface area contributed by atoms with Crippen LogP contribution in [0.25, 0.3) is 11.3 Å². The zero-order valence-electron chi connectivity index (χ0n) is 8.85. The summed E-state index contributed by atoms with van der Waals surface area (Å²) < 4.78 is 14.8. The smallest absolute Gasteiger partial charge is 0.170 e. The Morgan fingerprint density at radius 3 is 2.88 bits per heavy atom. The van der Waals surface area contributed by atoms with Gasteiger partial charge in [0.2, 0.25) is 0 Å². The van der Waals surface area contributed by atoms with Crippen molar-refractivity contribution in [3.8, 4) is 11.3 Å². The minimum Gasteiger partial charge on any atom is -0.296 e. The van der Waals surface area contributed by atoms with Gasteiger partial charge >= 0.3 is 0 Å². The van der Waals surface area contributed by atoms with Gasteiger partial charge in [0.1, 0.15) is 11.5 Å². The Morgan fingerprint density at radius 2 is 2.25 bits per heavy atom. The van der Waals surface area contributed by atoms with Crippen molar-refractivity contribution in [1.29, 1.82) is 0 Å².